The predicted molar refractivity (Wildman–Crippen MR) is 41.4 cm³/mol. The first kappa shape index (κ1) is 6.89. The summed E-state index contributed by atoms with van der Waals surface area (Å²) in [5.41, 5.74) is 0. The van der Waals surface area contributed by atoms with Crippen LogP contribution in [0.15, 0.2) is 23.4 Å². The van der Waals surface area contributed by atoms with Gasteiger partial charge in [-0.15, -0.1) is 5.10 Å². The highest BCUT2D eigenvalue weighted by Crippen LogP contribution is 2.24. The van der Waals surface area contributed by atoms with Gasteiger partial charge in [-0.1, -0.05) is 10.8 Å². The summed E-state index contributed by atoms with van der Waals surface area (Å²) >= 11 is 0. The summed E-state index contributed by atoms with van der Waals surface area (Å²) in [6.45, 7) is 0. The molecule has 0 aromatic carbocycles. The number of aromatic nitrogens is 2. The van der Waals surface area contributed by atoms with Gasteiger partial charge >= 0.3 is 0 Å². The van der Waals surface area contributed by atoms with E-state index < -0.39 is 0 Å². The minimum atomic E-state index is 0.963. The Balaban J connectivity index is 2.61. The summed E-state index contributed by atoms with van der Waals surface area (Å²) in [7, 11) is 3.29. The molecular formula is C5H6N2S2. The van der Waals surface area contributed by atoms with Crippen molar-refractivity contribution in [3.05, 3.63) is 18.3 Å². The Morgan fingerprint density at radius 2 is 2.44 bits per heavy atom. The Morgan fingerprint density at radius 1 is 1.56 bits per heavy atom. The lowest BCUT2D eigenvalue weighted by Crippen LogP contribution is -1.78. The van der Waals surface area contributed by atoms with Gasteiger partial charge < -0.3 is 0 Å². The maximum absolute atomic E-state index is 3.86. The highest BCUT2D eigenvalue weighted by molar-refractivity contribution is 8.76. The molecule has 1 aromatic heterocycles. The van der Waals surface area contributed by atoms with Crippen molar-refractivity contribution >= 4 is 21.6 Å². The van der Waals surface area contributed by atoms with Gasteiger partial charge in [0.05, 0.1) is 0 Å². The van der Waals surface area contributed by atoms with Crippen molar-refractivity contribution < 1.29 is 0 Å². The lowest BCUT2D eigenvalue weighted by molar-refractivity contribution is 0.933. The summed E-state index contributed by atoms with van der Waals surface area (Å²) < 4.78 is 0. The summed E-state index contributed by atoms with van der Waals surface area (Å²) in [5, 5.41) is 8.54. The van der Waals surface area contributed by atoms with Gasteiger partial charge in [0.1, 0.15) is 5.03 Å². The Labute approximate surface area is 61.9 Å². The molecule has 48 valence electrons. The van der Waals surface area contributed by atoms with Crippen molar-refractivity contribution in [1.29, 1.82) is 0 Å². The van der Waals surface area contributed by atoms with Crippen LogP contribution < -0.4 is 0 Å². The van der Waals surface area contributed by atoms with Gasteiger partial charge in [-0.05, 0) is 29.2 Å². The fraction of sp³-hybridized carbons (Fsp3) is 0.200. The van der Waals surface area contributed by atoms with Crippen LogP contribution >= 0.6 is 21.6 Å². The van der Waals surface area contributed by atoms with E-state index >= 15 is 0 Å². The molecule has 0 aliphatic carbocycles. The molecule has 0 unspecified atom stereocenters. The first-order valence-electron chi connectivity index (χ1n) is 2.42. The van der Waals surface area contributed by atoms with E-state index in [2.05, 4.69) is 10.2 Å². The minimum Gasteiger partial charge on any atom is -0.158 e. The molecule has 0 fully saturated rings. The predicted octanol–water partition coefficient (Wildman–Crippen LogP) is 1.85. The molecule has 0 amide bonds. The quantitative estimate of drug-likeness (QED) is 0.613. The maximum Gasteiger partial charge on any atom is 0.129 e. The Morgan fingerprint density at radius 3 is 3.00 bits per heavy atom. The van der Waals surface area contributed by atoms with Crippen LogP contribution in [0.1, 0.15) is 0 Å². The highest BCUT2D eigenvalue weighted by Gasteiger charge is 1.89. The third-order valence-electron chi connectivity index (χ3n) is 0.717. The molecule has 0 bridgehead atoms. The Kier molecular flexibility index (Phi) is 2.86. The fourth-order valence-corrected chi connectivity index (χ4v) is 1.58. The Hall–Kier alpha value is -0.220. The summed E-state index contributed by atoms with van der Waals surface area (Å²) in [6.07, 6.45) is 3.68. The molecule has 2 nitrogen and oxygen atoms in total. The van der Waals surface area contributed by atoms with Gasteiger partial charge in [0.25, 0.3) is 0 Å². The van der Waals surface area contributed by atoms with Crippen molar-refractivity contribution in [1.82, 2.24) is 10.2 Å². The molecular weight excluding hydrogens is 152 g/mol. The second kappa shape index (κ2) is 3.74. The monoisotopic (exact) mass is 158 g/mol. The molecule has 0 radical (unpaired) electrons. The largest absolute Gasteiger partial charge is 0.158 e. The molecule has 1 heterocycles. The smallest absolute Gasteiger partial charge is 0.129 e. The lowest BCUT2D eigenvalue weighted by atomic mass is 10.6. The van der Waals surface area contributed by atoms with Crippen molar-refractivity contribution in [3.63, 3.8) is 0 Å². The van der Waals surface area contributed by atoms with Gasteiger partial charge in [0.2, 0.25) is 0 Å². The Bertz CT molecular complexity index is 166. The van der Waals surface area contributed by atoms with Gasteiger partial charge in [-0.3, -0.25) is 0 Å². The molecule has 4 heteroatoms. The third-order valence-corrected chi connectivity index (χ3v) is 2.28. The normalized spacial score (nSPS) is 9.44. The molecule has 0 N–H and O–H groups in total. The number of nitrogens with zero attached hydrogens (tertiary/aromatic N) is 2. The van der Waals surface area contributed by atoms with Gasteiger partial charge in [0.15, 0.2) is 0 Å². The van der Waals surface area contributed by atoms with Crippen LogP contribution in [-0.2, 0) is 0 Å². The van der Waals surface area contributed by atoms with Crippen molar-refractivity contribution in [2.24, 2.45) is 0 Å². The van der Waals surface area contributed by atoms with Crippen LogP contribution in [0.5, 0.6) is 0 Å². The second-order valence-corrected chi connectivity index (χ2v) is 3.73. The first-order chi connectivity index (χ1) is 4.43. The van der Waals surface area contributed by atoms with Crippen LogP contribution in [0.25, 0.3) is 0 Å². The number of hydrogen-bond acceptors (Lipinski definition) is 4. The van der Waals surface area contributed by atoms with Crippen molar-refractivity contribution in [2.75, 3.05) is 6.26 Å². The molecule has 0 spiro atoms. The zero-order chi connectivity index (χ0) is 6.53. The van der Waals surface area contributed by atoms with Crippen LogP contribution in [-0.4, -0.2) is 16.5 Å². The minimum absolute atomic E-state index is 0.963. The second-order valence-electron chi connectivity index (χ2n) is 1.31. The molecule has 0 aliphatic heterocycles. The van der Waals surface area contributed by atoms with E-state index in [1.54, 1.807) is 27.8 Å². The molecule has 1 rings (SSSR count). The van der Waals surface area contributed by atoms with Gasteiger partial charge in [-0.2, -0.15) is 5.10 Å². The average Bonchev–Trinajstić information content (AvgIpc) is 1.91. The zero-order valence-corrected chi connectivity index (χ0v) is 6.58. The van der Waals surface area contributed by atoms with Crippen molar-refractivity contribution in [3.8, 4) is 0 Å². The average molecular weight is 158 g/mol. The highest BCUT2D eigenvalue weighted by atomic mass is 33.1. The van der Waals surface area contributed by atoms with E-state index in [9.17, 15) is 0 Å². The van der Waals surface area contributed by atoms with Crippen LogP contribution in [0.3, 0.4) is 0 Å². The first-order valence-corrected chi connectivity index (χ1v) is 4.97. The van der Waals surface area contributed by atoms with E-state index in [-0.39, 0.29) is 0 Å². The number of rotatable bonds is 2. The van der Waals surface area contributed by atoms with Gasteiger partial charge in [0, 0.05) is 6.20 Å². The van der Waals surface area contributed by atoms with E-state index in [0.717, 1.165) is 5.03 Å². The summed E-state index contributed by atoms with van der Waals surface area (Å²) in [6, 6.07) is 3.82. The maximum atomic E-state index is 3.86. The van der Waals surface area contributed by atoms with E-state index in [1.165, 1.54) is 0 Å². The third kappa shape index (κ3) is 2.24. The van der Waals surface area contributed by atoms with E-state index in [4.69, 9.17) is 0 Å². The summed E-state index contributed by atoms with van der Waals surface area (Å²) in [5.74, 6) is 0. The molecule has 9 heavy (non-hydrogen) atoms. The SMILES string of the molecule is CSSc1cccnn1. The van der Waals surface area contributed by atoms with Gasteiger partial charge in [-0.25, -0.2) is 0 Å². The van der Waals surface area contributed by atoms with Crippen LogP contribution in [0.4, 0.5) is 0 Å². The topological polar surface area (TPSA) is 25.8 Å². The molecule has 1 aromatic rings. The zero-order valence-electron chi connectivity index (χ0n) is 4.94. The van der Waals surface area contributed by atoms with Crippen molar-refractivity contribution in [2.45, 2.75) is 5.03 Å². The van der Waals surface area contributed by atoms with E-state index in [0.29, 0.717) is 0 Å². The van der Waals surface area contributed by atoms with Crippen LogP contribution in [0.2, 0.25) is 0 Å². The lowest BCUT2D eigenvalue weighted by Gasteiger charge is -1.90. The molecule has 0 saturated carbocycles. The standard InChI is InChI=1S/C5H6N2S2/c1-8-9-5-3-2-4-6-7-5/h2-4H,1H3. The summed E-state index contributed by atoms with van der Waals surface area (Å²) in [4.78, 5) is 0. The molecule has 0 saturated heterocycles. The van der Waals surface area contributed by atoms with Crippen LogP contribution in [0, 0.1) is 0 Å². The molecule has 0 aliphatic rings. The fourth-order valence-electron chi connectivity index (χ4n) is 0.417. The molecule has 0 atom stereocenters. The van der Waals surface area contributed by atoms with E-state index in [1.807, 2.05) is 18.4 Å². The number of hydrogen-bond donors (Lipinski definition) is 0.